The Hall–Kier alpha value is -2.49. The van der Waals surface area contributed by atoms with Crippen LogP contribution in [0.25, 0.3) is 0 Å². The van der Waals surface area contributed by atoms with Crippen LogP contribution in [0, 0.1) is 0 Å². The van der Waals surface area contributed by atoms with E-state index in [1.165, 1.54) is 11.6 Å². The molecule has 4 nitrogen and oxygen atoms in total. The van der Waals surface area contributed by atoms with Gasteiger partial charge in [-0.1, -0.05) is 30.3 Å². The first kappa shape index (κ1) is 13.0. The monoisotopic (exact) mass is 256 g/mol. The third kappa shape index (κ3) is 3.04. The number of nitrogen functional groups attached to an aromatic ring is 1. The number of anilines is 2. The molecule has 2 aromatic carbocycles. The van der Waals surface area contributed by atoms with Gasteiger partial charge in [0, 0.05) is 25.0 Å². The summed E-state index contributed by atoms with van der Waals surface area (Å²) in [6, 6.07) is 15.0. The fourth-order valence-corrected chi connectivity index (χ4v) is 1.93. The van der Waals surface area contributed by atoms with Crippen LogP contribution in [0.15, 0.2) is 48.5 Å². The summed E-state index contributed by atoms with van der Waals surface area (Å²) in [4.78, 5) is 12.9. The highest BCUT2D eigenvalue weighted by atomic mass is 16.4. The molecule has 98 valence electrons. The fraction of sp³-hybridized carbons (Fsp3) is 0.133. The van der Waals surface area contributed by atoms with E-state index in [1.54, 1.807) is 12.1 Å². The van der Waals surface area contributed by atoms with E-state index in [9.17, 15) is 4.79 Å². The molecule has 4 heteroatoms. The molecule has 0 amide bonds. The molecular formula is C15H16N2O2. The van der Waals surface area contributed by atoms with Crippen LogP contribution in [0.4, 0.5) is 11.4 Å². The van der Waals surface area contributed by atoms with Gasteiger partial charge in [-0.3, -0.25) is 0 Å². The molecule has 0 aromatic heterocycles. The zero-order valence-electron chi connectivity index (χ0n) is 10.7. The van der Waals surface area contributed by atoms with E-state index in [0.717, 1.165) is 12.2 Å². The largest absolute Gasteiger partial charge is 0.478 e. The summed E-state index contributed by atoms with van der Waals surface area (Å²) in [5, 5.41) is 8.94. The van der Waals surface area contributed by atoms with Crippen molar-refractivity contribution in [3.05, 3.63) is 59.7 Å². The minimum atomic E-state index is -1.00. The second-order valence-corrected chi connectivity index (χ2v) is 4.42. The first-order chi connectivity index (χ1) is 9.08. The predicted octanol–water partition coefficient (Wildman–Crippen LogP) is 2.60. The van der Waals surface area contributed by atoms with Crippen molar-refractivity contribution < 1.29 is 9.90 Å². The number of aromatic carboxylic acids is 1. The number of nitrogens with two attached hydrogens (primary N) is 1. The minimum absolute atomic E-state index is 0.136. The van der Waals surface area contributed by atoms with Crippen LogP contribution in [0.2, 0.25) is 0 Å². The van der Waals surface area contributed by atoms with Crippen molar-refractivity contribution in [3.63, 3.8) is 0 Å². The quantitative estimate of drug-likeness (QED) is 0.825. The number of carboxylic acid groups (broad SMARTS) is 1. The van der Waals surface area contributed by atoms with Crippen LogP contribution in [0.5, 0.6) is 0 Å². The number of carbonyl (C=O) groups is 1. The second kappa shape index (κ2) is 5.44. The molecule has 0 heterocycles. The van der Waals surface area contributed by atoms with Gasteiger partial charge in [-0.05, 0) is 23.8 Å². The molecule has 0 bridgehead atoms. The van der Waals surface area contributed by atoms with Crippen LogP contribution in [-0.2, 0) is 6.54 Å². The third-order valence-electron chi connectivity index (χ3n) is 2.97. The first-order valence-corrected chi connectivity index (χ1v) is 5.96. The van der Waals surface area contributed by atoms with Crippen LogP contribution >= 0.6 is 0 Å². The van der Waals surface area contributed by atoms with Gasteiger partial charge in [0.1, 0.15) is 0 Å². The molecule has 2 aromatic rings. The maximum absolute atomic E-state index is 10.9. The zero-order chi connectivity index (χ0) is 13.8. The Labute approximate surface area is 112 Å². The summed E-state index contributed by atoms with van der Waals surface area (Å²) < 4.78 is 0. The maximum atomic E-state index is 10.9. The van der Waals surface area contributed by atoms with Crippen LogP contribution < -0.4 is 10.6 Å². The summed E-state index contributed by atoms with van der Waals surface area (Å²) >= 11 is 0. The van der Waals surface area contributed by atoms with Gasteiger partial charge in [0.15, 0.2) is 0 Å². The van der Waals surface area contributed by atoms with E-state index in [1.807, 2.05) is 42.3 Å². The SMILES string of the molecule is CN(Cc1ccccc1)c1ccc(C(=O)O)c(N)c1. The molecule has 0 saturated heterocycles. The topological polar surface area (TPSA) is 66.6 Å². The van der Waals surface area contributed by atoms with Crippen molar-refractivity contribution in [2.75, 3.05) is 17.7 Å². The van der Waals surface area contributed by atoms with E-state index in [4.69, 9.17) is 10.8 Å². The standard InChI is InChI=1S/C15H16N2O2/c1-17(10-11-5-3-2-4-6-11)12-7-8-13(15(18)19)14(16)9-12/h2-9H,10,16H2,1H3,(H,18,19). The normalized spacial score (nSPS) is 10.2. The van der Waals surface area contributed by atoms with Gasteiger partial charge >= 0.3 is 5.97 Å². The summed E-state index contributed by atoms with van der Waals surface area (Å²) in [6.45, 7) is 0.743. The highest BCUT2D eigenvalue weighted by Crippen LogP contribution is 2.22. The number of hydrogen-bond donors (Lipinski definition) is 2. The maximum Gasteiger partial charge on any atom is 0.337 e. The van der Waals surface area contributed by atoms with E-state index in [0.29, 0.717) is 0 Å². The highest BCUT2D eigenvalue weighted by Gasteiger charge is 2.10. The molecule has 0 spiro atoms. The summed E-state index contributed by atoms with van der Waals surface area (Å²) in [5.41, 5.74) is 8.25. The van der Waals surface area contributed by atoms with E-state index in [-0.39, 0.29) is 11.3 Å². The molecule has 0 aliphatic carbocycles. The van der Waals surface area contributed by atoms with E-state index < -0.39 is 5.97 Å². The number of benzene rings is 2. The summed E-state index contributed by atoms with van der Waals surface area (Å²) in [5.74, 6) is -1.00. The van der Waals surface area contributed by atoms with Gasteiger partial charge in [-0.2, -0.15) is 0 Å². The second-order valence-electron chi connectivity index (χ2n) is 4.42. The zero-order valence-corrected chi connectivity index (χ0v) is 10.7. The van der Waals surface area contributed by atoms with Crippen LogP contribution in [0.3, 0.4) is 0 Å². The molecular weight excluding hydrogens is 240 g/mol. The Morgan fingerprint density at radius 2 is 1.89 bits per heavy atom. The van der Waals surface area contributed by atoms with Crippen molar-refractivity contribution in [1.82, 2.24) is 0 Å². The van der Waals surface area contributed by atoms with Gasteiger partial charge in [0.2, 0.25) is 0 Å². The lowest BCUT2D eigenvalue weighted by Gasteiger charge is -2.20. The highest BCUT2D eigenvalue weighted by molar-refractivity contribution is 5.94. The Balaban J connectivity index is 2.18. The lowest BCUT2D eigenvalue weighted by molar-refractivity contribution is 0.0698. The molecule has 0 aliphatic heterocycles. The smallest absolute Gasteiger partial charge is 0.337 e. The molecule has 0 fully saturated rings. The molecule has 19 heavy (non-hydrogen) atoms. The van der Waals surface area contributed by atoms with Gasteiger partial charge < -0.3 is 15.7 Å². The van der Waals surface area contributed by atoms with Crippen molar-refractivity contribution in [3.8, 4) is 0 Å². The molecule has 3 N–H and O–H groups in total. The lowest BCUT2D eigenvalue weighted by atomic mass is 10.1. The molecule has 0 aliphatic rings. The van der Waals surface area contributed by atoms with Gasteiger partial charge in [-0.25, -0.2) is 4.79 Å². The molecule has 0 radical (unpaired) electrons. The molecule has 0 unspecified atom stereocenters. The molecule has 0 atom stereocenters. The Morgan fingerprint density at radius 3 is 2.47 bits per heavy atom. The van der Waals surface area contributed by atoms with Crippen molar-refractivity contribution in [1.29, 1.82) is 0 Å². The van der Waals surface area contributed by atoms with Crippen molar-refractivity contribution in [2.24, 2.45) is 0 Å². The third-order valence-corrected chi connectivity index (χ3v) is 2.97. The number of carboxylic acids is 1. The summed E-state index contributed by atoms with van der Waals surface area (Å²) in [6.07, 6.45) is 0. The Bertz CT molecular complexity index is 582. The summed E-state index contributed by atoms with van der Waals surface area (Å²) in [7, 11) is 1.95. The average molecular weight is 256 g/mol. The van der Waals surface area contributed by atoms with Crippen molar-refractivity contribution >= 4 is 17.3 Å². The van der Waals surface area contributed by atoms with Crippen LogP contribution in [-0.4, -0.2) is 18.1 Å². The number of hydrogen-bond acceptors (Lipinski definition) is 3. The lowest BCUT2D eigenvalue weighted by Crippen LogP contribution is -2.17. The van der Waals surface area contributed by atoms with Gasteiger partial charge in [0.05, 0.1) is 5.56 Å². The van der Waals surface area contributed by atoms with Crippen molar-refractivity contribution in [2.45, 2.75) is 6.54 Å². The fourth-order valence-electron chi connectivity index (χ4n) is 1.93. The van der Waals surface area contributed by atoms with Gasteiger partial charge in [0.25, 0.3) is 0 Å². The van der Waals surface area contributed by atoms with E-state index >= 15 is 0 Å². The molecule has 2 rings (SSSR count). The minimum Gasteiger partial charge on any atom is -0.478 e. The Morgan fingerprint density at radius 1 is 1.21 bits per heavy atom. The molecule has 0 saturated carbocycles. The van der Waals surface area contributed by atoms with Gasteiger partial charge in [-0.15, -0.1) is 0 Å². The number of rotatable bonds is 4. The first-order valence-electron chi connectivity index (χ1n) is 5.96. The van der Waals surface area contributed by atoms with Crippen LogP contribution in [0.1, 0.15) is 15.9 Å². The average Bonchev–Trinajstić information content (AvgIpc) is 2.39. The Kier molecular flexibility index (Phi) is 3.71. The number of nitrogens with zero attached hydrogens (tertiary/aromatic N) is 1. The van der Waals surface area contributed by atoms with E-state index in [2.05, 4.69) is 0 Å². The predicted molar refractivity (Wildman–Crippen MR) is 76.4 cm³/mol.